The number of rotatable bonds is 5. The molecule has 3 heterocycles. The molecule has 150 valence electrons. The molecule has 0 unspecified atom stereocenters. The minimum absolute atomic E-state index is 0.143. The highest BCUT2D eigenvalue weighted by Gasteiger charge is 2.35. The predicted octanol–water partition coefficient (Wildman–Crippen LogP) is 3.41. The van der Waals surface area contributed by atoms with Crippen LogP contribution in [-0.4, -0.2) is 45.8 Å². The molecule has 1 aliphatic rings. The van der Waals surface area contributed by atoms with Crippen molar-refractivity contribution in [2.24, 2.45) is 0 Å². The van der Waals surface area contributed by atoms with Gasteiger partial charge in [0.1, 0.15) is 23.2 Å². The standard InChI is InChI=1S/C19H23BrN4O4/c1-19(2,3)28-18(26)24-10-13(11-24)27-16-6-4-5-15(23-16)22-14-7-12(8-20)9-21-17(14)25/h4-7,9,13H,8,10-11H2,1-3H3,(H,21,25)(H,22,23). The summed E-state index contributed by atoms with van der Waals surface area (Å²) in [6.07, 6.45) is 1.17. The van der Waals surface area contributed by atoms with Gasteiger partial charge in [0.25, 0.3) is 5.56 Å². The van der Waals surface area contributed by atoms with Crippen LogP contribution < -0.4 is 15.6 Å². The average molecular weight is 451 g/mol. The van der Waals surface area contributed by atoms with Crippen molar-refractivity contribution in [1.29, 1.82) is 0 Å². The van der Waals surface area contributed by atoms with Crippen LogP contribution in [-0.2, 0) is 10.1 Å². The number of likely N-dealkylation sites (tertiary alicyclic amines) is 1. The average Bonchev–Trinajstić information content (AvgIpc) is 2.58. The van der Waals surface area contributed by atoms with Crippen LogP contribution >= 0.6 is 15.9 Å². The maximum Gasteiger partial charge on any atom is 0.410 e. The molecule has 1 saturated heterocycles. The third-order valence-electron chi connectivity index (χ3n) is 3.89. The first-order chi connectivity index (χ1) is 13.2. The van der Waals surface area contributed by atoms with Gasteiger partial charge >= 0.3 is 6.09 Å². The zero-order valence-corrected chi connectivity index (χ0v) is 17.6. The second kappa shape index (κ2) is 8.22. The molecule has 1 fully saturated rings. The smallest absolute Gasteiger partial charge is 0.410 e. The molecule has 3 rings (SSSR count). The molecular formula is C19H23BrN4O4. The van der Waals surface area contributed by atoms with E-state index in [9.17, 15) is 9.59 Å². The second-order valence-corrected chi connectivity index (χ2v) is 8.06. The fourth-order valence-electron chi connectivity index (χ4n) is 2.55. The Morgan fingerprint density at radius 1 is 1.39 bits per heavy atom. The maximum atomic E-state index is 12.0. The van der Waals surface area contributed by atoms with Crippen molar-refractivity contribution in [2.45, 2.75) is 37.8 Å². The lowest BCUT2D eigenvalue weighted by molar-refractivity contribution is -0.0231. The van der Waals surface area contributed by atoms with Crippen molar-refractivity contribution in [2.75, 3.05) is 18.4 Å². The van der Waals surface area contributed by atoms with Gasteiger partial charge in [0.05, 0.1) is 13.1 Å². The van der Waals surface area contributed by atoms with Gasteiger partial charge in [-0.2, -0.15) is 4.98 Å². The third kappa shape index (κ3) is 5.25. The lowest BCUT2D eigenvalue weighted by atomic mass is 10.2. The van der Waals surface area contributed by atoms with Gasteiger partial charge in [0, 0.05) is 17.6 Å². The highest BCUT2D eigenvalue weighted by molar-refractivity contribution is 9.08. The fourth-order valence-corrected chi connectivity index (χ4v) is 2.87. The summed E-state index contributed by atoms with van der Waals surface area (Å²) in [5.41, 5.74) is 0.589. The van der Waals surface area contributed by atoms with Crippen LogP contribution in [0.1, 0.15) is 26.3 Å². The highest BCUT2D eigenvalue weighted by Crippen LogP contribution is 2.21. The van der Waals surface area contributed by atoms with E-state index in [0.717, 1.165) is 5.56 Å². The Morgan fingerprint density at radius 2 is 2.14 bits per heavy atom. The molecule has 28 heavy (non-hydrogen) atoms. The molecule has 1 aliphatic heterocycles. The normalized spacial score (nSPS) is 14.4. The minimum atomic E-state index is -0.519. The number of aromatic nitrogens is 2. The Balaban J connectivity index is 1.58. The molecule has 0 atom stereocenters. The predicted molar refractivity (Wildman–Crippen MR) is 109 cm³/mol. The van der Waals surface area contributed by atoms with E-state index in [1.54, 1.807) is 35.4 Å². The summed E-state index contributed by atoms with van der Waals surface area (Å²) in [6, 6.07) is 7.03. The van der Waals surface area contributed by atoms with E-state index >= 15 is 0 Å². The summed E-state index contributed by atoms with van der Waals surface area (Å²) in [4.78, 5) is 32.6. The second-order valence-electron chi connectivity index (χ2n) is 7.50. The number of carbonyl (C=O) groups is 1. The molecular weight excluding hydrogens is 428 g/mol. The van der Waals surface area contributed by atoms with Gasteiger partial charge in [-0.3, -0.25) is 4.79 Å². The van der Waals surface area contributed by atoms with Gasteiger partial charge in [0.15, 0.2) is 0 Å². The Labute approximate surface area is 171 Å². The van der Waals surface area contributed by atoms with E-state index in [0.29, 0.717) is 35.8 Å². The number of H-pyrrole nitrogens is 1. The number of amides is 1. The number of pyridine rings is 2. The molecule has 8 nitrogen and oxygen atoms in total. The molecule has 0 saturated carbocycles. The van der Waals surface area contributed by atoms with E-state index in [1.807, 2.05) is 20.8 Å². The Bertz CT molecular complexity index is 903. The first kappa shape index (κ1) is 20.2. The van der Waals surface area contributed by atoms with Gasteiger partial charge in [0.2, 0.25) is 5.88 Å². The SMILES string of the molecule is CC(C)(C)OC(=O)N1CC(Oc2cccc(Nc3cc(CBr)c[nH]c3=O)n2)C1. The van der Waals surface area contributed by atoms with Gasteiger partial charge in [-0.15, -0.1) is 0 Å². The number of alkyl halides is 1. The van der Waals surface area contributed by atoms with Gasteiger partial charge in [-0.1, -0.05) is 22.0 Å². The number of hydrogen-bond acceptors (Lipinski definition) is 6. The molecule has 0 aromatic carbocycles. The van der Waals surface area contributed by atoms with Crippen LogP contribution in [0.25, 0.3) is 0 Å². The van der Waals surface area contributed by atoms with E-state index in [4.69, 9.17) is 9.47 Å². The summed E-state index contributed by atoms with van der Waals surface area (Å²) >= 11 is 3.36. The van der Waals surface area contributed by atoms with Gasteiger partial charge in [-0.05, 0) is 38.5 Å². The van der Waals surface area contributed by atoms with Crippen LogP contribution in [0.5, 0.6) is 5.88 Å². The number of halogens is 1. The molecule has 2 aromatic heterocycles. The van der Waals surface area contributed by atoms with Crippen molar-refractivity contribution < 1.29 is 14.3 Å². The fraction of sp³-hybridized carbons (Fsp3) is 0.421. The molecule has 0 radical (unpaired) electrons. The maximum absolute atomic E-state index is 12.0. The summed E-state index contributed by atoms with van der Waals surface area (Å²) in [6.45, 7) is 6.39. The van der Waals surface area contributed by atoms with Crippen molar-refractivity contribution in [3.05, 3.63) is 46.4 Å². The lowest BCUT2D eigenvalue weighted by Gasteiger charge is -2.39. The Kier molecular flexibility index (Phi) is 5.93. The van der Waals surface area contributed by atoms with Crippen LogP contribution in [0, 0.1) is 0 Å². The topological polar surface area (TPSA) is 96.5 Å². The first-order valence-electron chi connectivity index (χ1n) is 8.90. The number of ether oxygens (including phenoxy) is 2. The van der Waals surface area contributed by atoms with E-state index in [-0.39, 0.29) is 17.8 Å². The first-order valence-corrected chi connectivity index (χ1v) is 10.0. The Morgan fingerprint density at radius 3 is 2.82 bits per heavy atom. The zero-order valence-electron chi connectivity index (χ0n) is 16.0. The zero-order chi connectivity index (χ0) is 20.3. The molecule has 1 amide bonds. The molecule has 0 spiro atoms. The van der Waals surface area contributed by atoms with Gasteiger partial charge < -0.3 is 24.7 Å². The number of nitrogens with one attached hydrogen (secondary N) is 2. The molecule has 2 N–H and O–H groups in total. The molecule has 0 bridgehead atoms. The van der Waals surface area contributed by atoms with Crippen molar-refractivity contribution in [3.8, 4) is 5.88 Å². The van der Waals surface area contributed by atoms with Crippen molar-refractivity contribution >= 4 is 33.5 Å². The van der Waals surface area contributed by atoms with Crippen LogP contribution in [0.4, 0.5) is 16.3 Å². The quantitative estimate of drug-likeness (QED) is 0.677. The summed E-state index contributed by atoms with van der Waals surface area (Å²) < 4.78 is 11.1. The van der Waals surface area contributed by atoms with E-state index < -0.39 is 5.60 Å². The summed E-state index contributed by atoms with van der Waals surface area (Å²) in [7, 11) is 0. The van der Waals surface area contributed by atoms with Crippen LogP contribution in [0.3, 0.4) is 0 Å². The number of aromatic amines is 1. The van der Waals surface area contributed by atoms with Crippen LogP contribution in [0.15, 0.2) is 35.3 Å². The molecule has 9 heteroatoms. The van der Waals surface area contributed by atoms with Gasteiger partial charge in [-0.25, -0.2) is 4.79 Å². The molecule has 0 aliphatic carbocycles. The number of hydrogen-bond donors (Lipinski definition) is 2. The number of nitrogens with zero attached hydrogens (tertiary/aromatic N) is 2. The number of carbonyl (C=O) groups excluding carboxylic acids is 1. The summed E-state index contributed by atoms with van der Waals surface area (Å²) in [5.74, 6) is 0.921. The van der Waals surface area contributed by atoms with E-state index in [1.165, 1.54) is 0 Å². The molecule has 2 aromatic rings. The monoisotopic (exact) mass is 450 g/mol. The summed E-state index contributed by atoms with van der Waals surface area (Å²) in [5, 5.41) is 3.64. The number of anilines is 2. The van der Waals surface area contributed by atoms with E-state index in [2.05, 4.69) is 31.2 Å². The highest BCUT2D eigenvalue weighted by atomic mass is 79.9. The third-order valence-corrected chi connectivity index (χ3v) is 4.54. The van der Waals surface area contributed by atoms with Crippen LogP contribution in [0.2, 0.25) is 0 Å². The minimum Gasteiger partial charge on any atom is -0.471 e. The van der Waals surface area contributed by atoms with Crippen molar-refractivity contribution in [1.82, 2.24) is 14.9 Å². The largest absolute Gasteiger partial charge is 0.471 e. The lowest BCUT2D eigenvalue weighted by Crippen LogP contribution is -2.57. The van der Waals surface area contributed by atoms with Crippen molar-refractivity contribution in [3.63, 3.8) is 0 Å². The Hall–Kier alpha value is -2.55.